The summed E-state index contributed by atoms with van der Waals surface area (Å²) in [6.07, 6.45) is 3.36. The fourth-order valence-corrected chi connectivity index (χ4v) is 3.83. The molecule has 0 bridgehead atoms. The molecule has 1 aliphatic heterocycles. The van der Waals surface area contributed by atoms with Crippen molar-refractivity contribution in [2.75, 3.05) is 11.9 Å². The van der Waals surface area contributed by atoms with Crippen LogP contribution in [0.3, 0.4) is 0 Å². The summed E-state index contributed by atoms with van der Waals surface area (Å²) in [4.78, 5) is 30.2. The Morgan fingerprint density at radius 1 is 1.06 bits per heavy atom. The largest absolute Gasteiger partial charge is 0.343 e. The van der Waals surface area contributed by atoms with E-state index in [4.69, 9.17) is 5.73 Å². The van der Waals surface area contributed by atoms with Crippen LogP contribution in [0.1, 0.15) is 18.4 Å². The van der Waals surface area contributed by atoms with Gasteiger partial charge in [-0.2, -0.15) is 0 Å². The molecule has 34 heavy (non-hydrogen) atoms. The minimum absolute atomic E-state index is 0. The fraction of sp³-hybridized carbons (Fsp3) is 0.292. The van der Waals surface area contributed by atoms with E-state index in [9.17, 15) is 9.59 Å². The van der Waals surface area contributed by atoms with Crippen molar-refractivity contribution in [1.82, 2.24) is 15.6 Å². The topological polar surface area (TPSA) is 109 Å². The molecule has 7 nitrogen and oxygen atoms in total. The van der Waals surface area contributed by atoms with Crippen LogP contribution in [-0.2, 0) is 16.0 Å². The van der Waals surface area contributed by atoms with Gasteiger partial charge in [0.05, 0.1) is 23.4 Å². The van der Waals surface area contributed by atoms with E-state index < -0.39 is 6.04 Å². The Morgan fingerprint density at radius 3 is 2.47 bits per heavy atom. The van der Waals surface area contributed by atoms with Gasteiger partial charge < -0.3 is 21.7 Å². The molecule has 10 heteroatoms. The van der Waals surface area contributed by atoms with E-state index in [0.717, 1.165) is 16.5 Å². The zero-order valence-corrected chi connectivity index (χ0v) is 20.9. The first-order valence-corrected chi connectivity index (χ1v) is 10.6. The van der Waals surface area contributed by atoms with Crippen LogP contribution in [0.25, 0.3) is 10.9 Å². The number of para-hydroxylation sites is 1. The third kappa shape index (κ3) is 7.82. The standard InChI is InChI=1S/C24H27N5O2.3ClH/c25-18-13-22(26-14-18)24(31)29-21(11-10-16-6-2-1-3-7-16)23(30)28-19-12-17-8-4-5-9-20(17)27-15-19;;;/h1-9,12,15,18,21-22,26H,10-11,13-14,25H2,(H,28,30)(H,29,31);3*1H/t18-,21-,22+;;;/m1.../s1. The summed E-state index contributed by atoms with van der Waals surface area (Å²) < 4.78 is 0. The Labute approximate surface area is 217 Å². The van der Waals surface area contributed by atoms with Crippen molar-refractivity contribution in [3.8, 4) is 0 Å². The number of carbonyl (C=O) groups is 2. The molecule has 1 aromatic heterocycles. The van der Waals surface area contributed by atoms with Gasteiger partial charge in [0.2, 0.25) is 11.8 Å². The Kier molecular flexibility index (Phi) is 12.3. The van der Waals surface area contributed by atoms with E-state index in [0.29, 0.717) is 31.5 Å². The average Bonchev–Trinajstić information content (AvgIpc) is 3.23. The summed E-state index contributed by atoms with van der Waals surface area (Å²) in [5.41, 5.74) is 8.48. The maximum absolute atomic E-state index is 13.1. The molecule has 0 unspecified atom stereocenters. The van der Waals surface area contributed by atoms with Gasteiger partial charge in [0, 0.05) is 18.0 Å². The first-order chi connectivity index (χ1) is 15.1. The first-order valence-electron chi connectivity index (χ1n) is 10.6. The highest BCUT2D eigenvalue weighted by atomic mass is 35.5. The van der Waals surface area contributed by atoms with Crippen molar-refractivity contribution in [2.24, 2.45) is 5.73 Å². The van der Waals surface area contributed by atoms with Gasteiger partial charge in [0.1, 0.15) is 6.04 Å². The molecule has 5 N–H and O–H groups in total. The summed E-state index contributed by atoms with van der Waals surface area (Å²) in [6, 6.07) is 18.4. The van der Waals surface area contributed by atoms with Gasteiger partial charge in [-0.3, -0.25) is 14.6 Å². The Hall–Kier alpha value is -2.42. The van der Waals surface area contributed by atoms with Gasteiger partial charge in [0.25, 0.3) is 0 Å². The molecular weight excluding hydrogens is 497 g/mol. The second kappa shape index (κ2) is 14.1. The van der Waals surface area contributed by atoms with E-state index >= 15 is 0 Å². The van der Waals surface area contributed by atoms with Crippen LogP contribution in [0.15, 0.2) is 66.9 Å². The number of aryl methyl sites for hydroxylation is 1. The molecule has 1 saturated heterocycles. The summed E-state index contributed by atoms with van der Waals surface area (Å²) in [6.45, 7) is 0.599. The smallest absolute Gasteiger partial charge is 0.247 e. The van der Waals surface area contributed by atoms with Crippen molar-refractivity contribution < 1.29 is 9.59 Å². The van der Waals surface area contributed by atoms with Crippen molar-refractivity contribution in [1.29, 1.82) is 0 Å². The monoisotopic (exact) mass is 525 g/mol. The summed E-state index contributed by atoms with van der Waals surface area (Å²) >= 11 is 0. The normalized spacial score (nSPS) is 17.4. The molecule has 1 fully saturated rings. The number of anilines is 1. The highest BCUT2D eigenvalue weighted by Crippen LogP contribution is 2.17. The van der Waals surface area contributed by atoms with Crippen LogP contribution in [0.2, 0.25) is 0 Å². The van der Waals surface area contributed by atoms with E-state index in [2.05, 4.69) is 20.9 Å². The third-order valence-electron chi connectivity index (χ3n) is 5.54. The fourth-order valence-electron chi connectivity index (χ4n) is 3.83. The SMILES string of the molecule is Cl.Cl.Cl.N[C@H]1CN[C@H](C(=O)N[C@H](CCc2ccccc2)C(=O)Nc2cnc3ccccc3c2)C1. The molecular formula is C24H30Cl3N5O2. The maximum Gasteiger partial charge on any atom is 0.247 e. The van der Waals surface area contributed by atoms with Gasteiger partial charge in [-0.15, -0.1) is 37.2 Å². The van der Waals surface area contributed by atoms with Gasteiger partial charge in [-0.1, -0.05) is 48.5 Å². The number of carbonyl (C=O) groups excluding carboxylic acids is 2. The number of nitrogens with zero attached hydrogens (tertiary/aromatic N) is 1. The molecule has 0 saturated carbocycles. The lowest BCUT2D eigenvalue weighted by Crippen LogP contribution is -2.50. The molecule has 3 aromatic rings. The number of hydrogen-bond donors (Lipinski definition) is 4. The van der Waals surface area contributed by atoms with Crippen molar-refractivity contribution in [3.63, 3.8) is 0 Å². The van der Waals surface area contributed by atoms with Crippen molar-refractivity contribution >= 4 is 65.6 Å². The van der Waals surface area contributed by atoms with Gasteiger partial charge in [-0.05, 0) is 37.0 Å². The number of hydrogen-bond acceptors (Lipinski definition) is 5. The summed E-state index contributed by atoms with van der Waals surface area (Å²) in [5, 5.41) is 9.89. The van der Waals surface area contributed by atoms with Crippen LogP contribution < -0.4 is 21.7 Å². The summed E-state index contributed by atoms with van der Waals surface area (Å²) in [5.74, 6) is -0.457. The number of pyridine rings is 1. The van der Waals surface area contributed by atoms with Gasteiger partial charge in [-0.25, -0.2) is 0 Å². The van der Waals surface area contributed by atoms with Crippen LogP contribution in [0, 0.1) is 0 Å². The Balaban J connectivity index is 0.00000193. The number of aromatic nitrogens is 1. The lowest BCUT2D eigenvalue weighted by molar-refractivity contribution is -0.127. The number of nitrogens with two attached hydrogens (primary N) is 1. The lowest BCUT2D eigenvalue weighted by Gasteiger charge is -2.21. The maximum atomic E-state index is 13.1. The lowest BCUT2D eigenvalue weighted by atomic mass is 10.0. The number of benzene rings is 2. The van der Waals surface area contributed by atoms with E-state index in [1.54, 1.807) is 6.20 Å². The summed E-state index contributed by atoms with van der Waals surface area (Å²) in [7, 11) is 0. The second-order valence-corrected chi connectivity index (χ2v) is 7.95. The number of halogens is 3. The van der Waals surface area contributed by atoms with E-state index in [1.807, 2.05) is 60.7 Å². The Morgan fingerprint density at radius 2 is 1.76 bits per heavy atom. The van der Waals surface area contributed by atoms with Gasteiger partial charge >= 0.3 is 0 Å². The molecule has 2 aromatic carbocycles. The molecule has 0 radical (unpaired) electrons. The third-order valence-corrected chi connectivity index (χ3v) is 5.54. The van der Waals surface area contributed by atoms with E-state index in [1.165, 1.54) is 0 Å². The van der Waals surface area contributed by atoms with Crippen molar-refractivity contribution in [2.45, 2.75) is 37.4 Å². The van der Waals surface area contributed by atoms with Crippen LogP contribution in [0.5, 0.6) is 0 Å². The van der Waals surface area contributed by atoms with Gasteiger partial charge in [0.15, 0.2) is 0 Å². The zero-order chi connectivity index (χ0) is 21.6. The average molecular weight is 527 g/mol. The second-order valence-electron chi connectivity index (χ2n) is 7.95. The van der Waals surface area contributed by atoms with Crippen molar-refractivity contribution in [3.05, 3.63) is 72.4 Å². The molecule has 0 spiro atoms. The van der Waals surface area contributed by atoms with Crippen LogP contribution >= 0.6 is 37.2 Å². The predicted molar refractivity (Wildman–Crippen MR) is 143 cm³/mol. The molecule has 2 heterocycles. The zero-order valence-electron chi connectivity index (χ0n) is 18.5. The van der Waals surface area contributed by atoms with E-state index in [-0.39, 0.29) is 61.1 Å². The number of fused-ring (bicyclic) bond motifs is 1. The van der Waals surface area contributed by atoms with Crippen LogP contribution in [0.4, 0.5) is 5.69 Å². The molecule has 4 rings (SSSR count). The minimum atomic E-state index is -0.669. The quantitative estimate of drug-likeness (QED) is 0.378. The molecule has 2 amide bonds. The highest BCUT2D eigenvalue weighted by Gasteiger charge is 2.30. The number of nitrogens with one attached hydrogen (secondary N) is 3. The van der Waals surface area contributed by atoms with Crippen LogP contribution in [-0.4, -0.2) is 41.5 Å². The molecule has 1 aliphatic rings. The molecule has 0 aliphatic carbocycles. The first kappa shape index (κ1) is 29.6. The Bertz CT molecular complexity index is 1070. The molecule has 3 atom stereocenters. The molecule has 184 valence electrons. The minimum Gasteiger partial charge on any atom is -0.343 e. The number of rotatable bonds is 7. The highest BCUT2D eigenvalue weighted by molar-refractivity contribution is 5.99. The predicted octanol–water partition coefficient (Wildman–Crippen LogP) is 3.25. The number of amides is 2.